The van der Waals surface area contributed by atoms with Gasteiger partial charge >= 0.3 is 0 Å². The van der Waals surface area contributed by atoms with Crippen molar-refractivity contribution in [3.8, 4) is 5.75 Å². The largest absolute Gasteiger partial charge is 0.497 e. The molecular formula is C27H29FN2O3. The van der Waals surface area contributed by atoms with Crippen LogP contribution in [0, 0.1) is 5.82 Å². The van der Waals surface area contributed by atoms with Crippen LogP contribution in [0.15, 0.2) is 78.9 Å². The van der Waals surface area contributed by atoms with Gasteiger partial charge in [-0.1, -0.05) is 60.7 Å². The molecule has 1 N–H and O–H groups in total. The molecule has 3 aromatic rings. The third-order valence-electron chi connectivity index (χ3n) is 5.44. The Kier molecular flexibility index (Phi) is 8.58. The van der Waals surface area contributed by atoms with E-state index >= 15 is 0 Å². The number of methoxy groups -OCH3 is 1. The molecule has 0 unspecified atom stereocenters. The number of halogens is 1. The number of carbonyl (C=O) groups is 2. The van der Waals surface area contributed by atoms with Crippen LogP contribution >= 0.6 is 0 Å². The zero-order valence-corrected chi connectivity index (χ0v) is 19.0. The minimum absolute atomic E-state index is 0.00367. The van der Waals surface area contributed by atoms with Gasteiger partial charge in [-0.05, 0) is 36.2 Å². The van der Waals surface area contributed by atoms with Gasteiger partial charge in [0.2, 0.25) is 11.8 Å². The average molecular weight is 449 g/mol. The van der Waals surface area contributed by atoms with Crippen LogP contribution in [-0.4, -0.2) is 36.4 Å². The molecule has 0 aromatic heterocycles. The number of amides is 2. The molecule has 172 valence electrons. The molecule has 0 bridgehead atoms. The van der Waals surface area contributed by atoms with E-state index in [0.717, 1.165) is 11.1 Å². The van der Waals surface area contributed by atoms with Gasteiger partial charge in [-0.2, -0.15) is 0 Å². The van der Waals surface area contributed by atoms with Crippen molar-refractivity contribution in [2.45, 2.75) is 32.4 Å². The van der Waals surface area contributed by atoms with E-state index in [1.165, 1.54) is 11.0 Å². The average Bonchev–Trinajstić information content (AvgIpc) is 2.83. The Morgan fingerprint density at radius 1 is 0.939 bits per heavy atom. The Bertz CT molecular complexity index is 1050. The van der Waals surface area contributed by atoms with Crippen LogP contribution < -0.4 is 10.1 Å². The number of hydrogen-bond donors (Lipinski definition) is 1. The fourth-order valence-corrected chi connectivity index (χ4v) is 3.68. The molecule has 0 aliphatic heterocycles. The Morgan fingerprint density at radius 3 is 2.24 bits per heavy atom. The maximum absolute atomic E-state index is 14.5. The highest BCUT2D eigenvalue weighted by Crippen LogP contribution is 2.19. The first-order chi connectivity index (χ1) is 16.0. The van der Waals surface area contributed by atoms with Crippen molar-refractivity contribution in [3.63, 3.8) is 0 Å². The second-order valence-electron chi connectivity index (χ2n) is 7.74. The van der Waals surface area contributed by atoms with E-state index < -0.39 is 11.9 Å². The summed E-state index contributed by atoms with van der Waals surface area (Å²) in [4.78, 5) is 28.1. The molecule has 0 saturated carbocycles. The van der Waals surface area contributed by atoms with E-state index in [1.807, 2.05) is 49.4 Å². The summed E-state index contributed by atoms with van der Waals surface area (Å²) >= 11 is 0. The first kappa shape index (κ1) is 24.0. The summed E-state index contributed by atoms with van der Waals surface area (Å²) in [6.45, 7) is 2.26. The lowest BCUT2D eigenvalue weighted by Gasteiger charge is -2.31. The van der Waals surface area contributed by atoms with Crippen LogP contribution in [0.1, 0.15) is 23.6 Å². The summed E-state index contributed by atoms with van der Waals surface area (Å²) in [6, 6.07) is 22.3. The fourth-order valence-electron chi connectivity index (χ4n) is 3.68. The molecule has 0 fully saturated rings. The number of carbonyl (C=O) groups excluding carboxylic acids is 2. The summed E-state index contributed by atoms with van der Waals surface area (Å²) in [5, 5.41) is 2.84. The lowest BCUT2D eigenvalue weighted by atomic mass is 10.0. The van der Waals surface area contributed by atoms with Crippen molar-refractivity contribution in [3.05, 3.63) is 101 Å². The zero-order chi connectivity index (χ0) is 23.6. The summed E-state index contributed by atoms with van der Waals surface area (Å²) in [5.41, 5.74) is 2.07. The lowest BCUT2D eigenvalue weighted by molar-refractivity contribution is -0.140. The highest BCUT2D eigenvalue weighted by Gasteiger charge is 2.30. The molecule has 0 saturated heterocycles. The topological polar surface area (TPSA) is 58.6 Å². The highest BCUT2D eigenvalue weighted by molar-refractivity contribution is 5.88. The molecule has 33 heavy (non-hydrogen) atoms. The van der Waals surface area contributed by atoms with Gasteiger partial charge in [0.15, 0.2) is 0 Å². The van der Waals surface area contributed by atoms with Crippen molar-refractivity contribution < 1.29 is 18.7 Å². The van der Waals surface area contributed by atoms with Crippen molar-refractivity contribution in [2.24, 2.45) is 0 Å². The van der Waals surface area contributed by atoms with E-state index in [4.69, 9.17) is 4.74 Å². The third kappa shape index (κ3) is 6.65. The summed E-state index contributed by atoms with van der Waals surface area (Å²) < 4.78 is 19.7. The molecule has 6 heteroatoms. The minimum atomic E-state index is -0.780. The monoisotopic (exact) mass is 448 g/mol. The van der Waals surface area contributed by atoms with Gasteiger partial charge in [0.25, 0.3) is 0 Å². The van der Waals surface area contributed by atoms with Gasteiger partial charge in [-0.25, -0.2) is 4.39 Å². The molecule has 0 aliphatic carbocycles. The first-order valence-electron chi connectivity index (χ1n) is 11.0. The van der Waals surface area contributed by atoms with Crippen LogP contribution in [0.5, 0.6) is 5.75 Å². The smallest absolute Gasteiger partial charge is 0.243 e. The maximum Gasteiger partial charge on any atom is 0.243 e. The summed E-state index contributed by atoms with van der Waals surface area (Å²) in [5.74, 6) is -0.232. The maximum atomic E-state index is 14.5. The molecular weight excluding hydrogens is 419 g/mol. The normalized spacial score (nSPS) is 11.5. The molecule has 0 spiro atoms. The molecule has 3 rings (SSSR count). The molecule has 2 amide bonds. The predicted octanol–water partition coefficient (Wildman–Crippen LogP) is 4.15. The Balaban J connectivity index is 1.94. The quantitative estimate of drug-likeness (QED) is 0.507. The Hall–Kier alpha value is -3.67. The van der Waals surface area contributed by atoms with E-state index in [0.29, 0.717) is 24.3 Å². The van der Waals surface area contributed by atoms with E-state index in [-0.39, 0.29) is 24.8 Å². The van der Waals surface area contributed by atoms with Crippen LogP contribution in [-0.2, 0) is 29.0 Å². The SMILES string of the molecule is CCNC(=O)[C@@H](Cc1ccccc1)N(Cc1ccccc1F)C(=O)Cc1ccc(OC)cc1. The number of hydrogen-bond acceptors (Lipinski definition) is 3. The van der Waals surface area contributed by atoms with Gasteiger partial charge in [0.05, 0.1) is 13.5 Å². The highest BCUT2D eigenvalue weighted by atomic mass is 19.1. The van der Waals surface area contributed by atoms with Crippen molar-refractivity contribution >= 4 is 11.8 Å². The number of likely N-dealkylation sites (N-methyl/N-ethyl adjacent to an activating group) is 1. The number of benzene rings is 3. The molecule has 0 radical (unpaired) electrons. The second-order valence-corrected chi connectivity index (χ2v) is 7.74. The number of ether oxygens (including phenoxy) is 1. The van der Waals surface area contributed by atoms with Crippen LogP contribution in [0.2, 0.25) is 0 Å². The molecule has 0 aliphatic rings. The van der Waals surface area contributed by atoms with E-state index in [2.05, 4.69) is 5.32 Å². The summed E-state index contributed by atoms with van der Waals surface area (Å²) in [7, 11) is 1.58. The Morgan fingerprint density at radius 2 is 1.61 bits per heavy atom. The first-order valence-corrected chi connectivity index (χ1v) is 11.0. The number of rotatable bonds is 10. The minimum Gasteiger partial charge on any atom is -0.497 e. The van der Waals surface area contributed by atoms with Crippen LogP contribution in [0.4, 0.5) is 4.39 Å². The van der Waals surface area contributed by atoms with Crippen molar-refractivity contribution in [2.75, 3.05) is 13.7 Å². The second kappa shape index (κ2) is 11.8. The van der Waals surface area contributed by atoms with Crippen LogP contribution in [0.25, 0.3) is 0 Å². The number of nitrogens with one attached hydrogen (secondary N) is 1. The molecule has 0 heterocycles. The van der Waals surface area contributed by atoms with Crippen molar-refractivity contribution in [1.29, 1.82) is 0 Å². The van der Waals surface area contributed by atoms with Gasteiger partial charge in [0.1, 0.15) is 17.6 Å². The van der Waals surface area contributed by atoms with E-state index in [1.54, 1.807) is 37.4 Å². The van der Waals surface area contributed by atoms with Gasteiger partial charge in [0, 0.05) is 25.1 Å². The van der Waals surface area contributed by atoms with Crippen LogP contribution in [0.3, 0.4) is 0 Å². The van der Waals surface area contributed by atoms with Crippen molar-refractivity contribution in [1.82, 2.24) is 10.2 Å². The fraction of sp³-hybridized carbons (Fsp3) is 0.259. The Labute approximate surface area is 194 Å². The zero-order valence-electron chi connectivity index (χ0n) is 19.0. The third-order valence-corrected chi connectivity index (χ3v) is 5.44. The lowest BCUT2D eigenvalue weighted by Crippen LogP contribution is -2.51. The predicted molar refractivity (Wildman–Crippen MR) is 126 cm³/mol. The summed E-state index contributed by atoms with van der Waals surface area (Å²) in [6.07, 6.45) is 0.415. The standard InChI is InChI=1S/C27H29FN2O3/c1-3-29-27(32)25(17-20-9-5-4-6-10-20)30(19-22-11-7-8-12-24(22)28)26(31)18-21-13-15-23(33-2)16-14-21/h4-16,25H,3,17-19H2,1-2H3,(H,29,32)/t25-/m1/s1. The van der Waals surface area contributed by atoms with E-state index in [9.17, 15) is 14.0 Å². The molecule has 5 nitrogen and oxygen atoms in total. The number of nitrogens with zero attached hydrogens (tertiary/aromatic N) is 1. The molecule has 1 atom stereocenters. The molecule has 3 aromatic carbocycles. The van der Waals surface area contributed by atoms with Gasteiger partial charge in [-0.3, -0.25) is 9.59 Å². The van der Waals surface area contributed by atoms with Gasteiger partial charge in [-0.15, -0.1) is 0 Å². The van der Waals surface area contributed by atoms with Gasteiger partial charge < -0.3 is 15.0 Å².